The van der Waals surface area contributed by atoms with Crippen LogP contribution in [0.3, 0.4) is 0 Å². The van der Waals surface area contributed by atoms with Gasteiger partial charge in [-0.2, -0.15) is 0 Å². The Morgan fingerprint density at radius 2 is 1.44 bits per heavy atom. The highest BCUT2D eigenvalue weighted by atomic mass is 16.6. The number of rotatable bonds is 7. The second kappa shape index (κ2) is 12.0. The summed E-state index contributed by atoms with van der Waals surface area (Å²) in [5, 5.41) is 29.4. The van der Waals surface area contributed by atoms with E-state index in [-0.39, 0.29) is 31.2 Å². The summed E-state index contributed by atoms with van der Waals surface area (Å²) in [6.07, 6.45) is 3.37. The van der Waals surface area contributed by atoms with Gasteiger partial charge in [0.1, 0.15) is 32.0 Å². The van der Waals surface area contributed by atoms with Gasteiger partial charge in [-0.05, 0) is 9.85 Å². The Morgan fingerprint density at radius 3 is 1.78 bits per heavy atom. The smallest absolute Gasteiger partial charge is 0.342 e. The van der Waals surface area contributed by atoms with E-state index in [1.165, 1.54) is 21.5 Å². The molecular weight excluding hydrogens is 364 g/mol. The Bertz CT molecular complexity index is 770. The SMILES string of the molecule is C=O.Cc1ncc([N+](=O)[O-])n1CCC=O.Cc1ncc([N+](=O)[O-])n1CCO. The van der Waals surface area contributed by atoms with Gasteiger partial charge >= 0.3 is 11.6 Å². The van der Waals surface area contributed by atoms with Crippen LogP contribution in [0.25, 0.3) is 0 Å². The number of hydrogen-bond acceptors (Lipinski definition) is 9. The van der Waals surface area contributed by atoms with Gasteiger partial charge in [0.25, 0.3) is 0 Å². The van der Waals surface area contributed by atoms with Crippen molar-refractivity contribution in [3.63, 3.8) is 0 Å². The van der Waals surface area contributed by atoms with Crippen molar-refractivity contribution in [1.29, 1.82) is 0 Å². The molecule has 13 nitrogen and oxygen atoms in total. The first-order valence-electron chi connectivity index (χ1n) is 7.49. The lowest BCUT2D eigenvalue weighted by Crippen LogP contribution is -2.07. The van der Waals surface area contributed by atoms with Crippen LogP contribution >= 0.6 is 0 Å². The van der Waals surface area contributed by atoms with Gasteiger partial charge in [-0.3, -0.25) is 0 Å². The lowest BCUT2D eigenvalue weighted by atomic mass is 10.4. The monoisotopic (exact) mass is 384 g/mol. The molecule has 13 heteroatoms. The predicted molar refractivity (Wildman–Crippen MR) is 92.1 cm³/mol. The standard InChI is InChI=1S/C7H9N3O3.C6H9N3O3.CH2O/c1-6-8-5-7(10(12)13)9(6)3-2-4-11;1-5-7-4-6(9(11)12)8(5)2-3-10;1-2/h4-5H,2-3H2,1H3;4,10H,2-3H2,1H3;1H2. The number of carbonyl (C=O) groups excluding carboxylic acids is 2. The van der Waals surface area contributed by atoms with E-state index in [1.807, 2.05) is 6.79 Å². The fourth-order valence-corrected chi connectivity index (χ4v) is 2.04. The average Bonchev–Trinajstić information content (AvgIpc) is 3.19. The Kier molecular flexibility index (Phi) is 10.4. The fraction of sp³-hybridized carbons (Fsp3) is 0.429. The summed E-state index contributed by atoms with van der Waals surface area (Å²) in [5.41, 5.74) is 0. The topological polar surface area (TPSA) is 176 Å². The van der Waals surface area contributed by atoms with Gasteiger partial charge in [-0.1, -0.05) is 0 Å². The number of aryl methyl sites for hydroxylation is 2. The number of carbonyl (C=O) groups is 2. The van der Waals surface area contributed by atoms with Crippen molar-refractivity contribution >= 4 is 24.7 Å². The van der Waals surface area contributed by atoms with Gasteiger partial charge in [0, 0.05) is 20.3 Å². The van der Waals surface area contributed by atoms with Gasteiger partial charge in [0.05, 0.1) is 13.2 Å². The lowest BCUT2D eigenvalue weighted by Gasteiger charge is -1.98. The molecule has 2 aromatic heterocycles. The van der Waals surface area contributed by atoms with Crippen LogP contribution in [0.5, 0.6) is 0 Å². The van der Waals surface area contributed by atoms with E-state index in [4.69, 9.17) is 9.90 Å². The van der Waals surface area contributed by atoms with Gasteiger partial charge in [-0.15, -0.1) is 0 Å². The van der Waals surface area contributed by atoms with Gasteiger partial charge < -0.3 is 34.9 Å². The summed E-state index contributed by atoms with van der Waals surface area (Å²) in [4.78, 5) is 45.5. The molecule has 0 fully saturated rings. The van der Waals surface area contributed by atoms with E-state index in [9.17, 15) is 25.0 Å². The van der Waals surface area contributed by atoms with Crippen LogP contribution in [0.4, 0.5) is 11.6 Å². The van der Waals surface area contributed by atoms with Crippen LogP contribution in [0, 0.1) is 34.1 Å². The summed E-state index contributed by atoms with van der Waals surface area (Å²) in [7, 11) is 0. The minimum atomic E-state index is -0.518. The van der Waals surface area contributed by atoms with Crippen molar-refractivity contribution in [2.75, 3.05) is 6.61 Å². The molecule has 2 aromatic rings. The van der Waals surface area contributed by atoms with E-state index < -0.39 is 9.85 Å². The molecule has 0 saturated heterocycles. The minimum Gasteiger partial charge on any atom is -0.392 e. The summed E-state index contributed by atoms with van der Waals surface area (Å²) in [5.74, 6) is 0.935. The molecule has 0 aliphatic carbocycles. The van der Waals surface area contributed by atoms with E-state index >= 15 is 0 Å². The second-order valence-electron chi connectivity index (χ2n) is 4.82. The van der Waals surface area contributed by atoms with Gasteiger partial charge in [0.15, 0.2) is 11.6 Å². The number of aliphatic hydroxyl groups is 1. The fourth-order valence-electron chi connectivity index (χ4n) is 2.04. The third kappa shape index (κ3) is 6.74. The number of aldehydes is 1. The number of nitro groups is 2. The molecule has 0 radical (unpaired) electrons. The maximum atomic E-state index is 10.5. The first kappa shape index (κ1) is 23.5. The molecule has 0 aliphatic heterocycles. The van der Waals surface area contributed by atoms with Crippen LogP contribution in [-0.4, -0.2) is 53.7 Å². The minimum absolute atomic E-state index is 0.0700. The molecular formula is C14H20N6O7. The molecule has 0 unspecified atom stereocenters. The van der Waals surface area contributed by atoms with Crippen LogP contribution in [0.1, 0.15) is 18.1 Å². The molecule has 0 aromatic carbocycles. The number of hydrogen-bond donors (Lipinski definition) is 1. The maximum Gasteiger partial charge on any atom is 0.342 e. The molecule has 2 heterocycles. The summed E-state index contributed by atoms with van der Waals surface area (Å²) >= 11 is 0. The third-order valence-corrected chi connectivity index (χ3v) is 3.24. The first-order valence-corrected chi connectivity index (χ1v) is 7.49. The molecule has 27 heavy (non-hydrogen) atoms. The zero-order chi connectivity index (χ0) is 21.0. The first-order chi connectivity index (χ1) is 12.8. The number of aromatic nitrogens is 4. The number of imidazole rings is 2. The quantitative estimate of drug-likeness (QED) is 0.406. The Morgan fingerprint density at radius 1 is 1.04 bits per heavy atom. The van der Waals surface area contributed by atoms with Crippen LogP contribution in [0.15, 0.2) is 12.4 Å². The largest absolute Gasteiger partial charge is 0.392 e. The molecule has 0 aliphatic rings. The highest BCUT2D eigenvalue weighted by molar-refractivity contribution is 5.49. The highest BCUT2D eigenvalue weighted by Crippen LogP contribution is 2.13. The lowest BCUT2D eigenvalue weighted by molar-refractivity contribution is -0.392. The summed E-state index contributed by atoms with van der Waals surface area (Å²) in [6.45, 7) is 5.71. The van der Waals surface area contributed by atoms with E-state index in [0.717, 1.165) is 6.29 Å². The van der Waals surface area contributed by atoms with Crippen molar-refractivity contribution in [2.45, 2.75) is 33.4 Å². The van der Waals surface area contributed by atoms with Gasteiger partial charge in [-0.25, -0.2) is 19.1 Å². The zero-order valence-electron chi connectivity index (χ0n) is 14.8. The Hall–Kier alpha value is -3.48. The van der Waals surface area contributed by atoms with E-state index in [0.29, 0.717) is 18.2 Å². The molecule has 1 N–H and O–H groups in total. The second-order valence-corrected chi connectivity index (χ2v) is 4.82. The van der Waals surface area contributed by atoms with Crippen molar-refractivity contribution in [3.8, 4) is 0 Å². The van der Waals surface area contributed by atoms with Crippen molar-refractivity contribution in [2.24, 2.45) is 0 Å². The van der Waals surface area contributed by atoms with Crippen LogP contribution in [-0.2, 0) is 22.7 Å². The summed E-state index contributed by atoms with van der Waals surface area (Å²) in [6, 6.07) is 0. The van der Waals surface area contributed by atoms with Crippen molar-refractivity contribution in [3.05, 3.63) is 44.3 Å². The van der Waals surface area contributed by atoms with E-state index in [1.54, 1.807) is 13.8 Å². The van der Waals surface area contributed by atoms with Crippen molar-refractivity contribution in [1.82, 2.24) is 19.1 Å². The van der Waals surface area contributed by atoms with Crippen LogP contribution < -0.4 is 0 Å². The van der Waals surface area contributed by atoms with Gasteiger partial charge in [0.2, 0.25) is 0 Å². The third-order valence-electron chi connectivity index (χ3n) is 3.24. The molecule has 0 amide bonds. The van der Waals surface area contributed by atoms with E-state index in [2.05, 4.69) is 9.97 Å². The number of aliphatic hydroxyl groups excluding tert-OH is 1. The highest BCUT2D eigenvalue weighted by Gasteiger charge is 2.16. The van der Waals surface area contributed by atoms with Crippen molar-refractivity contribution < 1.29 is 24.5 Å². The maximum absolute atomic E-state index is 10.5. The molecule has 0 saturated carbocycles. The normalized spacial score (nSPS) is 9.44. The summed E-state index contributed by atoms with van der Waals surface area (Å²) < 4.78 is 2.77. The molecule has 0 bridgehead atoms. The number of nitrogens with zero attached hydrogens (tertiary/aromatic N) is 6. The zero-order valence-corrected chi connectivity index (χ0v) is 14.8. The molecule has 0 spiro atoms. The molecule has 0 atom stereocenters. The molecule has 148 valence electrons. The van der Waals surface area contributed by atoms with Crippen LogP contribution in [0.2, 0.25) is 0 Å². The molecule has 2 rings (SSSR count). The Balaban J connectivity index is 0.000000460. The Labute approximate surface area is 153 Å². The predicted octanol–water partition coefficient (Wildman–Crippen LogP) is 0.596. The average molecular weight is 384 g/mol.